The third-order valence-electron chi connectivity index (χ3n) is 4.54. The molecule has 1 fully saturated rings. The molecule has 4 nitrogen and oxygen atoms in total. The van der Waals surface area contributed by atoms with Crippen LogP contribution in [0.3, 0.4) is 0 Å². The molecule has 3 N–H and O–H groups in total. The number of hydrogen-bond acceptors (Lipinski definition) is 4. The lowest BCUT2D eigenvalue weighted by atomic mass is 9.97. The summed E-state index contributed by atoms with van der Waals surface area (Å²) < 4.78 is 0. The predicted octanol–water partition coefficient (Wildman–Crippen LogP) is 3.55. The van der Waals surface area contributed by atoms with Crippen LogP contribution in [0.25, 0.3) is 0 Å². The van der Waals surface area contributed by atoms with Crippen LogP contribution in [0.2, 0.25) is 0 Å². The number of amides is 1. The van der Waals surface area contributed by atoms with Crippen LogP contribution in [0.15, 0.2) is 29.6 Å². The molecule has 1 saturated carbocycles. The van der Waals surface area contributed by atoms with Crippen LogP contribution < -0.4 is 11.1 Å². The summed E-state index contributed by atoms with van der Waals surface area (Å²) in [7, 11) is 0. The number of nitrogens with one attached hydrogen (secondary N) is 1. The molecule has 1 aliphatic carbocycles. The van der Waals surface area contributed by atoms with Gasteiger partial charge in [-0.3, -0.25) is 4.79 Å². The van der Waals surface area contributed by atoms with Crippen LogP contribution >= 0.6 is 11.3 Å². The van der Waals surface area contributed by atoms with E-state index in [0.717, 1.165) is 47.6 Å². The van der Waals surface area contributed by atoms with Gasteiger partial charge in [0.25, 0.3) is 0 Å². The molecule has 1 aromatic carbocycles. The zero-order valence-corrected chi connectivity index (χ0v) is 14.3. The van der Waals surface area contributed by atoms with E-state index in [2.05, 4.69) is 15.7 Å². The summed E-state index contributed by atoms with van der Waals surface area (Å²) in [5.41, 5.74) is 8.52. The Morgan fingerprint density at radius 2 is 2.09 bits per heavy atom. The second kappa shape index (κ2) is 6.71. The zero-order valence-electron chi connectivity index (χ0n) is 13.5. The first-order valence-electron chi connectivity index (χ1n) is 8.16. The first-order valence-corrected chi connectivity index (χ1v) is 9.04. The van der Waals surface area contributed by atoms with Crippen LogP contribution in [-0.2, 0) is 16.8 Å². The van der Waals surface area contributed by atoms with Crippen molar-refractivity contribution in [1.82, 2.24) is 10.3 Å². The highest BCUT2D eigenvalue weighted by atomic mass is 32.1. The van der Waals surface area contributed by atoms with Crippen molar-refractivity contribution in [2.45, 2.75) is 51.0 Å². The number of hydrogen-bond donors (Lipinski definition) is 2. The number of anilines is 1. The summed E-state index contributed by atoms with van der Waals surface area (Å²) in [4.78, 5) is 17.1. The Bertz CT molecular complexity index is 689. The van der Waals surface area contributed by atoms with Crippen LogP contribution in [0, 0.1) is 6.92 Å². The van der Waals surface area contributed by atoms with Gasteiger partial charge in [-0.05, 0) is 37.8 Å². The molecule has 0 radical (unpaired) electrons. The summed E-state index contributed by atoms with van der Waals surface area (Å²) >= 11 is 1.66. The highest BCUT2D eigenvalue weighted by Crippen LogP contribution is 2.40. The van der Waals surface area contributed by atoms with Gasteiger partial charge in [0.1, 0.15) is 5.01 Å². The number of nitrogens with zero attached hydrogens (tertiary/aromatic N) is 1. The van der Waals surface area contributed by atoms with Crippen LogP contribution in [0.5, 0.6) is 0 Å². The molecule has 0 saturated heterocycles. The highest BCUT2D eigenvalue weighted by molar-refractivity contribution is 7.09. The molecule has 1 amide bonds. The number of carbonyl (C=O) groups excluding carboxylic acids is 1. The molecule has 5 heteroatoms. The van der Waals surface area contributed by atoms with E-state index in [1.54, 1.807) is 11.3 Å². The average Bonchev–Trinajstić information content (AvgIpc) is 3.16. The summed E-state index contributed by atoms with van der Waals surface area (Å²) in [6.07, 6.45) is 5.39. The van der Waals surface area contributed by atoms with E-state index < -0.39 is 0 Å². The maximum Gasteiger partial charge on any atom is 0.221 e. The third-order valence-corrected chi connectivity index (χ3v) is 5.70. The number of aryl methyl sites for hydroxylation is 2. The first-order chi connectivity index (χ1) is 11.1. The minimum Gasteiger partial charge on any atom is -0.399 e. The van der Waals surface area contributed by atoms with Crippen LogP contribution in [0.1, 0.15) is 48.4 Å². The Kier molecular flexibility index (Phi) is 4.66. The number of rotatable bonds is 5. The van der Waals surface area contributed by atoms with Crippen LogP contribution in [0.4, 0.5) is 5.69 Å². The normalized spacial score (nSPS) is 16.4. The van der Waals surface area contributed by atoms with Crippen molar-refractivity contribution < 1.29 is 4.79 Å². The Morgan fingerprint density at radius 3 is 2.74 bits per heavy atom. The number of para-hydroxylation sites is 1. The van der Waals surface area contributed by atoms with Crippen molar-refractivity contribution in [2.24, 2.45) is 0 Å². The maximum atomic E-state index is 12.5. The molecule has 0 bridgehead atoms. The fraction of sp³-hybridized carbons (Fsp3) is 0.444. The van der Waals surface area contributed by atoms with E-state index in [0.29, 0.717) is 12.8 Å². The Labute approximate surface area is 141 Å². The molecule has 0 unspecified atom stereocenters. The SMILES string of the molecule is Cc1csc(C2(NC(=O)CCc3ccccc3N)CCCC2)n1. The number of aromatic nitrogens is 1. The first kappa shape index (κ1) is 16.0. The molecule has 0 aliphatic heterocycles. The van der Waals surface area contributed by atoms with E-state index >= 15 is 0 Å². The molecule has 1 heterocycles. The van der Waals surface area contributed by atoms with Gasteiger partial charge in [0, 0.05) is 23.2 Å². The number of thiazole rings is 1. The van der Waals surface area contributed by atoms with Crippen LogP contribution in [-0.4, -0.2) is 10.9 Å². The Balaban J connectivity index is 1.66. The Morgan fingerprint density at radius 1 is 1.35 bits per heavy atom. The van der Waals surface area contributed by atoms with E-state index in [-0.39, 0.29) is 11.4 Å². The van der Waals surface area contributed by atoms with E-state index in [4.69, 9.17) is 5.73 Å². The number of nitrogen functional groups attached to an aromatic ring is 1. The smallest absolute Gasteiger partial charge is 0.221 e. The third kappa shape index (κ3) is 3.55. The summed E-state index contributed by atoms with van der Waals surface area (Å²) in [5.74, 6) is 0.0861. The Hall–Kier alpha value is -1.88. The molecule has 1 aromatic heterocycles. The van der Waals surface area contributed by atoms with Crippen molar-refractivity contribution in [3.05, 3.63) is 45.9 Å². The van der Waals surface area contributed by atoms with Gasteiger partial charge in [-0.25, -0.2) is 4.98 Å². The highest BCUT2D eigenvalue weighted by Gasteiger charge is 2.39. The van der Waals surface area contributed by atoms with Crippen molar-refractivity contribution in [2.75, 3.05) is 5.73 Å². The second-order valence-electron chi connectivity index (χ2n) is 6.33. The largest absolute Gasteiger partial charge is 0.399 e. The molecule has 122 valence electrons. The van der Waals surface area contributed by atoms with Gasteiger partial charge in [0.2, 0.25) is 5.91 Å². The van der Waals surface area contributed by atoms with Gasteiger partial charge in [0.15, 0.2) is 0 Å². The van der Waals surface area contributed by atoms with Gasteiger partial charge in [0.05, 0.1) is 5.54 Å². The quantitative estimate of drug-likeness (QED) is 0.824. The van der Waals surface area contributed by atoms with Gasteiger partial charge in [-0.1, -0.05) is 31.0 Å². The fourth-order valence-corrected chi connectivity index (χ4v) is 4.30. The summed E-state index contributed by atoms with van der Waals surface area (Å²) in [6, 6.07) is 7.74. The lowest BCUT2D eigenvalue weighted by Crippen LogP contribution is -2.43. The predicted molar refractivity (Wildman–Crippen MR) is 94.3 cm³/mol. The fourth-order valence-electron chi connectivity index (χ4n) is 3.28. The summed E-state index contributed by atoms with van der Waals surface area (Å²) in [5, 5.41) is 6.40. The molecule has 1 aliphatic rings. The number of benzene rings is 1. The molecular weight excluding hydrogens is 306 g/mol. The second-order valence-corrected chi connectivity index (χ2v) is 7.19. The molecule has 2 aromatic rings. The van der Waals surface area contributed by atoms with E-state index in [9.17, 15) is 4.79 Å². The van der Waals surface area contributed by atoms with Crippen molar-refractivity contribution in [3.8, 4) is 0 Å². The number of carbonyl (C=O) groups is 1. The maximum absolute atomic E-state index is 12.5. The van der Waals surface area contributed by atoms with Crippen molar-refractivity contribution >= 4 is 22.9 Å². The lowest BCUT2D eigenvalue weighted by Gasteiger charge is -2.28. The van der Waals surface area contributed by atoms with E-state index in [1.165, 1.54) is 0 Å². The molecule has 23 heavy (non-hydrogen) atoms. The topological polar surface area (TPSA) is 68.0 Å². The minimum atomic E-state index is -0.252. The monoisotopic (exact) mass is 329 g/mol. The molecule has 0 atom stereocenters. The van der Waals surface area contributed by atoms with Gasteiger partial charge in [-0.2, -0.15) is 0 Å². The van der Waals surface area contributed by atoms with Gasteiger partial charge < -0.3 is 11.1 Å². The standard InChI is InChI=1S/C18H23N3OS/c1-13-12-23-17(20-13)18(10-4-5-11-18)21-16(22)9-8-14-6-2-3-7-15(14)19/h2-3,6-7,12H,4-5,8-11,19H2,1H3,(H,21,22). The van der Waals surface area contributed by atoms with Gasteiger partial charge in [-0.15, -0.1) is 11.3 Å². The van der Waals surface area contributed by atoms with E-state index in [1.807, 2.05) is 31.2 Å². The summed E-state index contributed by atoms with van der Waals surface area (Å²) in [6.45, 7) is 2.00. The average molecular weight is 329 g/mol. The van der Waals surface area contributed by atoms with Gasteiger partial charge >= 0.3 is 0 Å². The lowest BCUT2D eigenvalue weighted by molar-refractivity contribution is -0.123. The zero-order chi connectivity index (χ0) is 16.3. The molecule has 0 spiro atoms. The number of nitrogens with two attached hydrogens (primary N) is 1. The molecular formula is C18H23N3OS. The molecule has 3 rings (SSSR count). The van der Waals surface area contributed by atoms with Crippen molar-refractivity contribution in [3.63, 3.8) is 0 Å². The van der Waals surface area contributed by atoms with Crippen molar-refractivity contribution in [1.29, 1.82) is 0 Å². The minimum absolute atomic E-state index is 0.0861.